The molecule has 1 aromatic carbocycles. The van der Waals surface area contributed by atoms with Crippen LogP contribution in [0.1, 0.15) is 38.2 Å². The Kier molecular flexibility index (Phi) is 6.08. The summed E-state index contributed by atoms with van der Waals surface area (Å²) in [5.74, 6) is 4.39. The van der Waals surface area contributed by atoms with Crippen LogP contribution in [0.5, 0.6) is 0 Å². The molecule has 0 spiro atoms. The van der Waals surface area contributed by atoms with Gasteiger partial charge in [-0.25, -0.2) is 8.78 Å². The van der Waals surface area contributed by atoms with Gasteiger partial charge in [-0.3, -0.25) is 11.3 Å². The second-order valence-electron chi connectivity index (χ2n) is 4.30. The first-order valence-corrected chi connectivity index (χ1v) is 6.07. The minimum atomic E-state index is -0.547. The van der Waals surface area contributed by atoms with Gasteiger partial charge in [-0.1, -0.05) is 32.3 Å². The van der Waals surface area contributed by atoms with Gasteiger partial charge in [0.05, 0.1) is 0 Å². The lowest BCUT2D eigenvalue weighted by Crippen LogP contribution is -2.36. The molecule has 3 N–H and O–H groups in total. The Hall–Kier alpha value is -1.00. The van der Waals surface area contributed by atoms with Gasteiger partial charge in [0.25, 0.3) is 0 Å². The minimum absolute atomic E-state index is 0.0431. The summed E-state index contributed by atoms with van der Waals surface area (Å²) >= 11 is 0. The topological polar surface area (TPSA) is 38.0 Å². The van der Waals surface area contributed by atoms with E-state index < -0.39 is 11.6 Å². The standard InChI is InChI=1S/C13H20F2N2/c1-2-3-4-5-12(17-16)8-10-6-7-11(14)9-13(10)15/h6-7,9,12,17H,2-5,8,16H2,1H3. The highest BCUT2D eigenvalue weighted by Crippen LogP contribution is 2.14. The summed E-state index contributed by atoms with van der Waals surface area (Å²) in [5.41, 5.74) is 3.20. The molecule has 0 fully saturated rings. The van der Waals surface area contributed by atoms with E-state index >= 15 is 0 Å². The van der Waals surface area contributed by atoms with Crippen molar-refractivity contribution in [2.75, 3.05) is 0 Å². The van der Waals surface area contributed by atoms with Crippen LogP contribution in [0.3, 0.4) is 0 Å². The van der Waals surface area contributed by atoms with Crippen LogP contribution in [0.25, 0.3) is 0 Å². The predicted molar refractivity (Wildman–Crippen MR) is 65.3 cm³/mol. The lowest BCUT2D eigenvalue weighted by atomic mass is 10.0. The highest BCUT2D eigenvalue weighted by atomic mass is 19.1. The molecule has 0 saturated heterocycles. The third-order valence-electron chi connectivity index (χ3n) is 2.87. The monoisotopic (exact) mass is 242 g/mol. The molecule has 0 aliphatic heterocycles. The number of unbranched alkanes of at least 4 members (excludes halogenated alkanes) is 2. The average molecular weight is 242 g/mol. The summed E-state index contributed by atoms with van der Waals surface area (Å²) in [7, 11) is 0. The quantitative estimate of drug-likeness (QED) is 0.438. The van der Waals surface area contributed by atoms with Crippen molar-refractivity contribution in [2.24, 2.45) is 5.84 Å². The summed E-state index contributed by atoms with van der Waals surface area (Å²) in [5, 5.41) is 0. The lowest BCUT2D eigenvalue weighted by Gasteiger charge is -2.16. The number of hydrogen-bond acceptors (Lipinski definition) is 2. The normalized spacial score (nSPS) is 12.7. The van der Waals surface area contributed by atoms with Gasteiger partial charge < -0.3 is 0 Å². The Morgan fingerprint density at radius 1 is 1.29 bits per heavy atom. The first-order valence-electron chi connectivity index (χ1n) is 6.07. The molecule has 0 amide bonds. The van der Waals surface area contributed by atoms with Crippen LogP contribution in [0.15, 0.2) is 18.2 Å². The van der Waals surface area contributed by atoms with E-state index in [-0.39, 0.29) is 6.04 Å². The zero-order valence-electron chi connectivity index (χ0n) is 10.2. The number of nitrogens with two attached hydrogens (primary N) is 1. The predicted octanol–water partition coefficient (Wildman–Crippen LogP) is 2.92. The van der Waals surface area contributed by atoms with Crippen LogP contribution in [-0.4, -0.2) is 6.04 Å². The van der Waals surface area contributed by atoms with E-state index in [0.717, 1.165) is 31.7 Å². The van der Waals surface area contributed by atoms with E-state index in [1.54, 1.807) is 0 Å². The number of hydrazine groups is 1. The molecule has 0 saturated carbocycles. The third kappa shape index (κ3) is 4.79. The van der Waals surface area contributed by atoms with E-state index in [1.165, 1.54) is 12.1 Å². The zero-order valence-corrected chi connectivity index (χ0v) is 10.2. The van der Waals surface area contributed by atoms with Crippen molar-refractivity contribution >= 4 is 0 Å². The second-order valence-corrected chi connectivity index (χ2v) is 4.30. The molecule has 0 bridgehead atoms. The molecule has 4 heteroatoms. The highest BCUT2D eigenvalue weighted by Gasteiger charge is 2.11. The van der Waals surface area contributed by atoms with Crippen LogP contribution in [0, 0.1) is 11.6 Å². The SMILES string of the molecule is CCCCCC(Cc1ccc(F)cc1F)NN. The fourth-order valence-corrected chi connectivity index (χ4v) is 1.84. The molecule has 1 rings (SSSR count). The van der Waals surface area contributed by atoms with Gasteiger partial charge in [0, 0.05) is 12.1 Å². The lowest BCUT2D eigenvalue weighted by molar-refractivity contribution is 0.457. The van der Waals surface area contributed by atoms with Gasteiger partial charge in [-0.05, 0) is 24.5 Å². The fourth-order valence-electron chi connectivity index (χ4n) is 1.84. The van der Waals surface area contributed by atoms with Crippen molar-refractivity contribution in [1.29, 1.82) is 0 Å². The van der Waals surface area contributed by atoms with E-state index in [2.05, 4.69) is 12.3 Å². The molecule has 0 radical (unpaired) electrons. The van der Waals surface area contributed by atoms with Crippen molar-refractivity contribution in [1.82, 2.24) is 5.43 Å². The molecule has 0 aliphatic rings. The molecule has 0 heterocycles. The van der Waals surface area contributed by atoms with Crippen LogP contribution >= 0.6 is 0 Å². The van der Waals surface area contributed by atoms with E-state index in [4.69, 9.17) is 5.84 Å². The molecule has 96 valence electrons. The second kappa shape index (κ2) is 7.35. The van der Waals surface area contributed by atoms with Gasteiger partial charge in [-0.15, -0.1) is 0 Å². The number of nitrogens with one attached hydrogen (secondary N) is 1. The molecule has 1 aromatic rings. The first-order chi connectivity index (χ1) is 8.17. The van der Waals surface area contributed by atoms with E-state index in [0.29, 0.717) is 12.0 Å². The molecule has 0 aliphatic carbocycles. The van der Waals surface area contributed by atoms with Crippen LogP contribution in [0.2, 0.25) is 0 Å². The van der Waals surface area contributed by atoms with Crippen molar-refractivity contribution in [3.8, 4) is 0 Å². The molecule has 17 heavy (non-hydrogen) atoms. The Bertz CT molecular complexity index is 342. The molecule has 1 atom stereocenters. The average Bonchev–Trinajstić information content (AvgIpc) is 2.31. The Labute approximate surface area is 101 Å². The Balaban J connectivity index is 2.54. The van der Waals surface area contributed by atoms with Gasteiger partial charge in [0.15, 0.2) is 0 Å². The van der Waals surface area contributed by atoms with Crippen LogP contribution in [0.4, 0.5) is 8.78 Å². The zero-order chi connectivity index (χ0) is 12.7. The number of hydrogen-bond donors (Lipinski definition) is 2. The summed E-state index contributed by atoms with van der Waals surface area (Å²) in [6, 6.07) is 3.71. The maximum absolute atomic E-state index is 13.4. The maximum Gasteiger partial charge on any atom is 0.129 e. The summed E-state index contributed by atoms with van der Waals surface area (Å²) in [6.07, 6.45) is 4.74. The van der Waals surface area contributed by atoms with Gasteiger partial charge >= 0.3 is 0 Å². The molecule has 2 nitrogen and oxygen atoms in total. The largest absolute Gasteiger partial charge is 0.271 e. The van der Waals surface area contributed by atoms with Crippen molar-refractivity contribution in [3.63, 3.8) is 0 Å². The maximum atomic E-state index is 13.4. The number of halogens is 2. The highest BCUT2D eigenvalue weighted by molar-refractivity contribution is 5.19. The van der Waals surface area contributed by atoms with Crippen LogP contribution in [-0.2, 0) is 6.42 Å². The molecular formula is C13H20F2N2. The van der Waals surface area contributed by atoms with Gasteiger partial charge in [-0.2, -0.15) is 0 Å². The molecule has 1 unspecified atom stereocenters. The third-order valence-corrected chi connectivity index (χ3v) is 2.87. The van der Waals surface area contributed by atoms with Crippen molar-refractivity contribution < 1.29 is 8.78 Å². The van der Waals surface area contributed by atoms with E-state index in [9.17, 15) is 8.78 Å². The van der Waals surface area contributed by atoms with E-state index in [1.807, 2.05) is 0 Å². The van der Waals surface area contributed by atoms with Gasteiger partial charge in [0.1, 0.15) is 11.6 Å². The summed E-state index contributed by atoms with van der Waals surface area (Å²) in [4.78, 5) is 0. The number of benzene rings is 1. The minimum Gasteiger partial charge on any atom is -0.271 e. The number of rotatable bonds is 7. The van der Waals surface area contributed by atoms with Gasteiger partial charge in [0.2, 0.25) is 0 Å². The summed E-state index contributed by atoms with van der Waals surface area (Å²) < 4.78 is 26.2. The van der Waals surface area contributed by atoms with Crippen LogP contribution < -0.4 is 11.3 Å². The smallest absolute Gasteiger partial charge is 0.129 e. The fraction of sp³-hybridized carbons (Fsp3) is 0.538. The molecular weight excluding hydrogens is 222 g/mol. The molecule has 0 aromatic heterocycles. The Morgan fingerprint density at radius 3 is 2.65 bits per heavy atom. The first kappa shape index (κ1) is 14.1. The van der Waals surface area contributed by atoms with Crippen molar-refractivity contribution in [3.05, 3.63) is 35.4 Å². The summed E-state index contributed by atoms with van der Waals surface area (Å²) in [6.45, 7) is 2.13. The Morgan fingerprint density at radius 2 is 2.06 bits per heavy atom. The van der Waals surface area contributed by atoms with Crippen molar-refractivity contribution in [2.45, 2.75) is 45.1 Å².